The van der Waals surface area contributed by atoms with Crippen molar-refractivity contribution < 1.29 is 13.9 Å². The standard InChI is InChI=1S/C16H24FNO2/c1-2-8-18-12-13-11-14(17)5-6-16(13)20-10-7-15-4-3-9-19-15/h5-6,11,15,18H,2-4,7-10,12H2,1H3. The van der Waals surface area contributed by atoms with Crippen LogP contribution < -0.4 is 10.1 Å². The van der Waals surface area contributed by atoms with Gasteiger partial charge in [-0.25, -0.2) is 4.39 Å². The van der Waals surface area contributed by atoms with Crippen LogP contribution in [0, 0.1) is 5.82 Å². The molecule has 1 saturated heterocycles. The Hall–Kier alpha value is -1.13. The second kappa shape index (κ2) is 8.22. The number of rotatable bonds is 8. The summed E-state index contributed by atoms with van der Waals surface area (Å²) in [7, 11) is 0. The molecule has 0 spiro atoms. The maximum absolute atomic E-state index is 13.3. The molecule has 1 aliphatic heterocycles. The van der Waals surface area contributed by atoms with Crippen molar-refractivity contribution in [3.63, 3.8) is 0 Å². The van der Waals surface area contributed by atoms with Gasteiger partial charge in [-0.2, -0.15) is 0 Å². The number of nitrogens with one attached hydrogen (secondary N) is 1. The number of ether oxygens (including phenoxy) is 2. The van der Waals surface area contributed by atoms with Gasteiger partial charge in [0.05, 0.1) is 12.7 Å². The van der Waals surface area contributed by atoms with Crippen LogP contribution in [0.15, 0.2) is 18.2 Å². The molecule has 20 heavy (non-hydrogen) atoms. The number of hydrogen-bond acceptors (Lipinski definition) is 3. The molecule has 1 aromatic rings. The van der Waals surface area contributed by atoms with Crippen LogP contribution in [0.1, 0.15) is 38.2 Å². The molecule has 112 valence electrons. The summed E-state index contributed by atoms with van der Waals surface area (Å²) >= 11 is 0. The Labute approximate surface area is 120 Å². The summed E-state index contributed by atoms with van der Waals surface area (Å²) in [6.07, 6.45) is 4.56. The maximum atomic E-state index is 13.3. The highest BCUT2D eigenvalue weighted by Crippen LogP contribution is 2.21. The van der Waals surface area contributed by atoms with Crippen molar-refractivity contribution in [2.45, 2.75) is 45.3 Å². The topological polar surface area (TPSA) is 30.5 Å². The SMILES string of the molecule is CCCNCc1cc(F)ccc1OCCC1CCCO1. The van der Waals surface area contributed by atoms with Crippen LogP contribution in [-0.2, 0) is 11.3 Å². The Morgan fingerprint density at radius 3 is 3.10 bits per heavy atom. The minimum atomic E-state index is -0.218. The minimum absolute atomic E-state index is 0.218. The Kier molecular flexibility index (Phi) is 6.27. The van der Waals surface area contributed by atoms with Crippen LogP contribution in [0.2, 0.25) is 0 Å². The average Bonchev–Trinajstić information content (AvgIpc) is 2.95. The zero-order valence-electron chi connectivity index (χ0n) is 12.2. The number of hydrogen-bond donors (Lipinski definition) is 1. The monoisotopic (exact) mass is 281 g/mol. The first kappa shape index (κ1) is 15.3. The Balaban J connectivity index is 1.84. The van der Waals surface area contributed by atoms with E-state index < -0.39 is 0 Å². The summed E-state index contributed by atoms with van der Waals surface area (Å²) in [6.45, 7) is 5.16. The smallest absolute Gasteiger partial charge is 0.123 e. The first-order chi connectivity index (χ1) is 9.79. The van der Waals surface area contributed by atoms with Crippen molar-refractivity contribution in [2.24, 2.45) is 0 Å². The van der Waals surface area contributed by atoms with E-state index in [4.69, 9.17) is 9.47 Å². The lowest BCUT2D eigenvalue weighted by Crippen LogP contribution is -2.16. The van der Waals surface area contributed by atoms with Gasteiger partial charge in [0.2, 0.25) is 0 Å². The minimum Gasteiger partial charge on any atom is -0.493 e. The normalized spacial score (nSPS) is 18.4. The van der Waals surface area contributed by atoms with Crippen molar-refractivity contribution in [1.29, 1.82) is 0 Å². The summed E-state index contributed by atoms with van der Waals surface area (Å²) in [6, 6.07) is 4.71. The molecule has 1 heterocycles. The Morgan fingerprint density at radius 1 is 1.45 bits per heavy atom. The van der Waals surface area contributed by atoms with Gasteiger partial charge in [-0.1, -0.05) is 6.92 Å². The summed E-state index contributed by atoms with van der Waals surface area (Å²) in [5, 5.41) is 3.28. The fraction of sp³-hybridized carbons (Fsp3) is 0.625. The van der Waals surface area contributed by atoms with Gasteiger partial charge < -0.3 is 14.8 Å². The Bertz CT molecular complexity index is 405. The average molecular weight is 281 g/mol. The Morgan fingerprint density at radius 2 is 2.35 bits per heavy atom. The molecule has 1 atom stereocenters. The van der Waals surface area contributed by atoms with E-state index >= 15 is 0 Å². The number of halogens is 1. The van der Waals surface area contributed by atoms with E-state index in [-0.39, 0.29) is 5.82 Å². The predicted molar refractivity (Wildman–Crippen MR) is 77.5 cm³/mol. The summed E-state index contributed by atoms with van der Waals surface area (Å²) in [5.74, 6) is 0.553. The van der Waals surface area contributed by atoms with Crippen molar-refractivity contribution in [3.05, 3.63) is 29.6 Å². The van der Waals surface area contributed by atoms with Crippen LogP contribution in [0.4, 0.5) is 4.39 Å². The van der Waals surface area contributed by atoms with Gasteiger partial charge in [0.25, 0.3) is 0 Å². The van der Waals surface area contributed by atoms with Crippen molar-refractivity contribution >= 4 is 0 Å². The molecule has 1 aliphatic rings. The van der Waals surface area contributed by atoms with Gasteiger partial charge in [0.15, 0.2) is 0 Å². The van der Waals surface area contributed by atoms with Crippen LogP contribution in [0.25, 0.3) is 0 Å². The van der Waals surface area contributed by atoms with E-state index in [9.17, 15) is 4.39 Å². The van der Waals surface area contributed by atoms with Crippen molar-refractivity contribution in [3.8, 4) is 5.75 Å². The highest BCUT2D eigenvalue weighted by Gasteiger charge is 2.15. The molecule has 1 aromatic carbocycles. The molecule has 4 heteroatoms. The second-order valence-electron chi connectivity index (χ2n) is 5.20. The maximum Gasteiger partial charge on any atom is 0.123 e. The first-order valence-corrected chi connectivity index (χ1v) is 7.53. The number of benzene rings is 1. The quantitative estimate of drug-likeness (QED) is 0.742. The second-order valence-corrected chi connectivity index (χ2v) is 5.20. The lowest BCUT2D eigenvalue weighted by atomic mass is 10.2. The van der Waals surface area contributed by atoms with E-state index in [0.29, 0.717) is 19.3 Å². The molecule has 3 nitrogen and oxygen atoms in total. The fourth-order valence-electron chi connectivity index (χ4n) is 2.40. The lowest BCUT2D eigenvalue weighted by Gasteiger charge is -2.14. The largest absolute Gasteiger partial charge is 0.493 e. The third-order valence-corrected chi connectivity index (χ3v) is 3.49. The molecular weight excluding hydrogens is 257 g/mol. The third-order valence-electron chi connectivity index (χ3n) is 3.49. The van der Waals surface area contributed by atoms with Crippen molar-refractivity contribution in [1.82, 2.24) is 5.32 Å². The van der Waals surface area contributed by atoms with Crippen LogP contribution >= 0.6 is 0 Å². The fourth-order valence-corrected chi connectivity index (χ4v) is 2.40. The highest BCUT2D eigenvalue weighted by atomic mass is 19.1. The predicted octanol–water partition coefficient (Wildman–Crippen LogP) is 3.27. The molecule has 0 bridgehead atoms. The molecule has 0 aliphatic carbocycles. The third kappa shape index (κ3) is 4.76. The highest BCUT2D eigenvalue weighted by molar-refractivity contribution is 5.33. The molecule has 1 fully saturated rings. The lowest BCUT2D eigenvalue weighted by molar-refractivity contribution is 0.0902. The zero-order chi connectivity index (χ0) is 14.2. The molecule has 2 rings (SSSR count). The van der Waals surface area contributed by atoms with Crippen LogP contribution in [0.5, 0.6) is 5.75 Å². The molecule has 0 saturated carbocycles. The molecular formula is C16H24FNO2. The molecule has 0 aromatic heterocycles. The summed E-state index contributed by atoms with van der Waals surface area (Å²) < 4.78 is 24.7. The molecule has 0 amide bonds. The van der Waals surface area contributed by atoms with Crippen LogP contribution in [-0.4, -0.2) is 25.9 Å². The van der Waals surface area contributed by atoms with Crippen LogP contribution in [0.3, 0.4) is 0 Å². The van der Waals surface area contributed by atoms with E-state index in [1.165, 1.54) is 6.07 Å². The first-order valence-electron chi connectivity index (χ1n) is 7.53. The summed E-state index contributed by atoms with van der Waals surface area (Å²) in [4.78, 5) is 0. The summed E-state index contributed by atoms with van der Waals surface area (Å²) in [5.41, 5.74) is 0.880. The van der Waals surface area contributed by atoms with E-state index in [1.54, 1.807) is 12.1 Å². The van der Waals surface area contributed by atoms with E-state index in [0.717, 1.165) is 50.1 Å². The van der Waals surface area contributed by atoms with E-state index in [1.807, 2.05) is 0 Å². The van der Waals surface area contributed by atoms with E-state index in [2.05, 4.69) is 12.2 Å². The molecule has 1 unspecified atom stereocenters. The van der Waals surface area contributed by atoms with Gasteiger partial charge in [-0.05, 0) is 44.0 Å². The molecule has 1 N–H and O–H groups in total. The van der Waals surface area contributed by atoms with Gasteiger partial charge in [0.1, 0.15) is 11.6 Å². The van der Waals surface area contributed by atoms with Crippen molar-refractivity contribution in [2.75, 3.05) is 19.8 Å². The molecule has 0 radical (unpaired) electrons. The van der Waals surface area contributed by atoms with Gasteiger partial charge >= 0.3 is 0 Å². The van der Waals surface area contributed by atoms with Gasteiger partial charge in [-0.15, -0.1) is 0 Å². The van der Waals surface area contributed by atoms with Gasteiger partial charge in [-0.3, -0.25) is 0 Å². The van der Waals surface area contributed by atoms with Gasteiger partial charge in [0, 0.05) is 25.1 Å². The zero-order valence-corrected chi connectivity index (χ0v) is 12.2.